The van der Waals surface area contributed by atoms with Gasteiger partial charge < -0.3 is 4.90 Å². The molecular formula is C12H17N. The molecule has 1 heteroatoms. The van der Waals surface area contributed by atoms with Crippen LogP contribution in [0.3, 0.4) is 0 Å². The van der Waals surface area contributed by atoms with E-state index in [0.29, 0.717) is 0 Å². The molecule has 0 aliphatic rings. The lowest BCUT2D eigenvalue weighted by Gasteiger charge is -2.17. The van der Waals surface area contributed by atoms with Gasteiger partial charge >= 0.3 is 0 Å². The van der Waals surface area contributed by atoms with Crippen LogP contribution in [0.25, 0.3) is 5.57 Å². The molecule has 0 atom stereocenters. The van der Waals surface area contributed by atoms with Crippen LogP contribution in [0.2, 0.25) is 0 Å². The maximum Gasteiger partial charge on any atom is 0.0437 e. The first-order chi connectivity index (χ1) is 6.16. The molecule has 0 radical (unpaired) electrons. The van der Waals surface area contributed by atoms with Crippen molar-refractivity contribution in [2.75, 3.05) is 19.0 Å². The summed E-state index contributed by atoms with van der Waals surface area (Å²) in [7, 11) is 4.14. The number of hydrogen-bond acceptors (Lipinski definition) is 1. The van der Waals surface area contributed by atoms with Crippen molar-refractivity contribution < 1.29 is 0 Å². The van der Waals surface area contributed by atoms with Gasteiger partial charge in [-0.1, -0.05) is 24.3 Å². The number of rotatable bonds is 2. The summed E-state index contributed by atoms with van der Waals surface area (Å²) < 4.78 is 0. The molecule has 0 saturated carbocycles. The fraction of sp³-hybridized carbons (Fsp3) is 0.333. The van der Waals surface area contributed by atoms with E-state index < -0.39 is 0 Å². The Bertz CT molecular complexity index is 311. The Balaban J connectivity index is 3.20. The summed E-state index contributed by atoms with van der Waals surface area (Å²) in [6.45, 7) is 4.21. The molecule has 0 fully saturated rings. The lowest BCUT2D eigenvalue weighted by Crippen LogP contribution is -2.10. The minimum Gasteiger partial charge on any atom is -0.377 e. The maximum absolute atomic E-state index is 2.16. The van der Waals surface area contributed by atoms with E-state index >= 15 is 0 Å². The van der Waals surface area contributed by atoms with Crippen LogP contribution in [0, 0.1) is 0 Å². The van der Waals surface area contributed by atoms with Crippen molar-refractivity contribution in [1.82, 2.24) is 0 Å². The smallest absolute Gasteiger partial charge is 0.0437 e. The first kappa shape index (κ1) is 9.85. The van der Waals surface area contributed by atoms with Gasteiger partial charge in [-0.25, -0.2) is 0 Å². The van der Waals surface area contributed by atoms with E-state index in [9.17, 15) is 0 Å². The minimum absolute atomic E-state index is 1.28. The third kappa shape index (κ3) is 2.11. The van der Waals surface area contributed by atoms with Crippen LogP contribution in [0.15, 0.2) is 30.3 Å². The van der Waals surface area contributed by atoms with Gasteiger partial charge in [0.2, 0.25) is 0 Å². The van der Waals surface area contributed by atoms with Crippen LogP contribution in [0.4, 0.5) is 5.69 Å². The molecule has 0 aromatic heterocycles. The summed E-state index contributed by atoms with van der Waals surface area (Å²) in [6, 6.07) is 8.45. The predicted molar refractivity (Wildman–Crippen MR) is 60.1 cm³/mol. The average Bonchev–Trinajstić information content (AvgIpc) is 2.16. The summed E-state index contributed by atoms with van der Waals surface area (Å²) in [5, 5.41) is 0. The minimum atomic E-state index is 1.28. The molecule has 0 spiro atoms. The monoisotopic (exact) mass is 175 g/mol. The van der Waals surface area contributed by atoms with E-state index in [4.69, 9.17) is 0 Å². The largest absolute Gasteiger partial charge is 0.377 e. The Morgan fingerprint density at radius 1 is 1.23 bits per heavy atom. The Morgan fingerprint density at radius 3 is 2.38 bits per heavy atom. The number of benzene rings is 1. The molecule has 0 aliphatic heterocycles. The van der Waals surface area contributed by atoms with Crippen molar-refractivity contribution >= 4 is 11.3 Å². The van der Waals surface area contributed by atoms with Crippen molar-refractivity contribution in [3.63, 3.8) is 0 Å². The fourth-order valence-corrected chi connectivity index (χ4v) is 1.35. The van der Waals surface area contributed by atoms with Gasteiger partial charge in [0.05, 0.1) is 0 Å². The highest BCUT2D eigenvalue weighted by Crippen LogP contribution is 2.24. The van der Waals surface area contributed by atoms with Crippen LogP contribution in [0.1, 0.15) is 19.4 Å². The Kier molecular flexibility index (Phi) is 3.13. The topological polar surface area (TPSA) is 3.24 Å². The Hall–Kier alpha value is -1.24. The SMILES string of the molecule is C/C=C(/C)c1ccccc1N(C)C. The second-order valence-electron chi connectivity index (χ2n) is 3.38. The number of nitrogens with zero attached hydrogens (tertiary/aromatic N) is 1. The zero-order valence-corrected chi connectivity index (χ0v) is 8.83. The third-order valence-corrected chi connectivity index (χ3v) is 2.24. The Labute approximate surface area is 80.7 Å². The predicted octanol–water partition coefficient (Wildman–Crippen LogP) is 3.18. The van der Waals surface area contributed by atoms with Crippen molar-refractivity contribution in [2.24, 2.45) is 0 Å². The van der Waals surface area contributed by atoms with Crippen LogP contribution < -0.4 is 4.90 Å². The van der Waals surface area contributed by atoms with Gasteiger partial charge in [-0.15, -0.1) is 0 Å². The normalized spacial score (nSPS) is 11.5. The number of hydrogen-bond donors (Lipinski definition) is 0. The van der Waals surface area contributed by atoms with Crippen molar-refractivity contribution in [1.29, 1.82) is 0 Å². The quantitative estimate of drug-likeness (QED) is 0.667. The molecule has 0 heterocycles. The van der Waals surface area contributed by atoms with Crippen LogP contribution in [-0.2, 0) is 0 Å². The van der Waals surface area contributed by atoms with Gasteiger partial charge in [0.1, 0.15) is 0 Å². The van der Waals surface area contributed by atoms with Gasteiger partial charge in [-0.05, 0) is 25.5 Å². The Morgan fingerprint density at radius 2 is 1.85 bits per heavy atom. The summed E-state index contributed by atoms with van der Waals surface area (Å²) in [4.78, 5) is 2.14. The second-order valence-corrected chi connectivity index (χ2v) is 3.38. The standard InChI is InChI=1S/C12H17N/c1-5-10(2)11-8-6-7-9-12(11)13(3)4/h5-9H,1-4H3/b10-5-. The highest BCUT2D eigenvalue weighted by molar-refractivity contribution is 5.75. The van der Waals surface area contributed by atoms with Crippen LogP contribution in [-0.4, -0.2) is 14.1 Å². The molecule has 0 amide bonds. The summed E-state index contributed by atoms with van der Waals surface area (Å²) in [5.74, 6) is 0. The summed E-state index contributed by atoms with van der Waals surface area (Å²) in [6.07, 6.45) is 2.14. The number of para-hydroxylation sites is 1. The molecule has 70 valence electrons. The molecular weight excluding hydrogens is 158 g/mol. The zero-order valence-electron chi connectivity index (χ0n) is 8.83. The first-order valence-electron chi connectivity index (χ1n) is 4.56. The van der Waals surface area contributed by atoms with Gasteiger partial charge in [-0.3, -0.25) is 0 Å². The van der Waals surface area contributed by atoms with Crippen molar-refractivity contribution in [3.05, 3.63) is 35.9 Å². The molecule has 0 saturated heterocycles. The van der Waals surface area contributed by atoms with Crippen LogP contribution in [0.5, 0.6) is 0 Å². The molecule has 0 N–H and O–H groups in total. The van der Waals surface area contributed by atoms with E-state index in [1.165, 1.54) is 16.8 Å². The lowest BCUT2D eigenvalue weighted by molar-refractivity contribution is 1.12. The van der Waals surface area contributed by atoms with Crippen molar-refractivity contribution in [2.45, 2.75) is 13.8 Å². The molecule has 13 heavy (non-hydrogen) atoms. The van der Waals surface area contributed by atoms with Crippen molar-refractivity contribution in [3.8, 4) is 0 Å². The molecule has 1 nitrogen and oxygen atoms in total. The molecule has 1 rings (SSSR count). The van der Waals surface area contributed by atoms with Gasteiger partial charge in [-0.2, -0.15) is 0 Å². The zero-order chi connectivity index (χ0) is 9.84. The van der Waals surface area contributed by atoms with E-state index in [2.05, 4.69) is 63.2 Å². The molecule has 0 bridgehead atoms. The third-order valence-electron chi connectivity index (χ3n) is 2.24. The van der Waals surface area contributed by atoms with Crippen LogP contribution >= 0.6 is 0 Å². The second kappa shape index (κ2) is 4.13. The molecule has 0 unspecified atom stereocenters. The number of allylic oxidation sites excluding steroid dienone is 2. The summed E-state index contributed by atoms with van der Waals surface area (Å²) in [5.41, 5.74) is 3.91. The number of anilines is 1. The van der Waals surface area contributed by atoms with E-state index in [-0.39, 0.29) is 0 Å². The van der Waals surface area contributed by atoms with E-state index in [1.807, 2.05) is 0 Å². The molecule has 0 aliphatic carbocycles. The maximum atomic E-state index is 2.16. The molecule has 1 aromatic rings. The molecule has 1 aromatic carbocycles. The summed E-state index contributed by atoms with van der Waals surface area (Å²) >= 11 is 0. The highest BCUT2D eigenvalue weighted by Gasteiger charge is 2.03. The van der Waals surface area contributed by atoms with Gasteiger partial charge in [0.15, 0.2) is 0 Å². The highest BCUT2D eigenvalue weighted by atomic mass is 15.1. The first-order valence-corrected chi connectivity index (χ1v) is 4.56. The van der Waals surface area contributed by atoms with Gasteiger partial charge in [0.25, 0.3) is 0 Å². The van der Waals surface area contributed by atoms with E-state index in [1.54, 1.807) is 0 Å². The van der Waals surface area contributed by atoms with E-state index in [0.717, 1.165) is 0 Å². The van der Waals surface area contributed by atoms with Gasteiger partial charge in [0, 0.05) is 25.3 Å². The lowest BCUT2D eigenvalue weighted by atomic mass is 10.0. The average molecular weight is 175 g/mol. The fourth-order valence-electron chi connectivity index (χ4n) is 1.35.